The van der Waals surface area contributed by atoms with Gasteiger partial charge in [-0.05, 0) is 49.2 Å². The molecule has 0 aliphatic carbocycles. The molecule has 0 aliphatic rings. The molecule has 1 nitrogen and oxygen atoms in total. The number of hydrogen-bond donors (Lipinski definition) is 1. The van der Waals surface area contributed by atoms with E-state index in [-0.39, 0.29) is 11.1 Å². The van der Waals surface area contributed by atoms with Gasteiger partial charge < -0.3 is 5.32 Å². The fraction of sp³-hybridized carbons (Fsp3) is 0.200. The van der Waals surface area contributed by atoms with Gasteiger partial charge in [-0.3, -0.25) is 0 Å². The smallest absolute Gasteiger partial charge is 0.142 e. The fourth-order valence-corrected chi connectivity index (χ4v) is 2.48. The molecule has 1 N–H and O–H groups in total. The Labute approximate surface area is 122 Å². The highest BCUT2D eigenvalue weighted by Crippen LogP contribution is 2.30. The molecular formula is C15H14Cl2FN. The summed E-state index contributed by atoms with van der Waals surface area (Å²) in [7, 11) is 0. The molecule has 0 aliphatic heterocycles. The van der Waals surface area contributed by atoms with Crippen molar-refractivity contribution in [2.75, 3.05) is 5.32 Å². The van der Waals surface area contributed by atoms with Crippen LogP contribution in [0.15, 0.2) is 36.4 Å². The Bertz CT molecular complexity index is 599. The molecule has 4 heteroatoms. The molecule has 0 aromatic heterocycles. The van der Waals surface area contributed by atoms with Crippen LogP contribution in [0.4, 0.5) is 10.1 Å². The third-order valence-electron chi connectivity index (χ3n) is 2.91. The Morgan fingerprint density at radius 1 is 1.11 bits per heavy atom. The number of anilines is 1. The van der Waals surface area contributed by atoms with E-state index >= 15 is 0 Å². The molecule has 0 fully saturated rings. The Morgan fingerprint density at radius 2 is 1.84 bits per heavy atom. The molecule has 0 amide bonds. The standard InChI is InChI=1S/C15H14Cl2FN/c1-9-4-3-5-11(6-9)19-10(2)12-7-15(18)14(17)8-13(12)16/h3-8,10,19H,1-2H3. The first kappa shape index (κ1) is 14.2. The van der Waals surface area contributed by atoms with E-state index in [1.165, 1.54) is 12.1 Å². The number of aryl methyl sites for hydroxylation is 1. The second-order valence-corrected chi connectivity index (χ2v) is 5.34. The van der Waals surface area contributed by atoms with Crippen LogP contribution in [0, 0.1) is 12.7 Å². The largest absolute Gasteiger partial charge is 0.378 e. The van der Waals surface area contributed by atoms with Gasteiger partial charge in [0.1, 0.15) is 5.82 Å². The summed E-state index contributed by atoms with van der Waals surface area (Å²) in [5, 5.41) is 3.79. The SMILES string of the molecule is Cc1cccc(NC(C)c2cc(F)c(Cl)cc2Cl)c1. The molecule has 19 heavy (non-hydrogen) atoms. The molecular weight excluding hydrogens is 284 g/mol. The summed E-state index contributed by atoms with van der Waals surface area (Å²) in [5.41, 5.74) is 2.81. The molecule has 0 radical (unpaired) electrons. The van der Waals surface area contributed by atoms with Crippen molar-refractivity contribution in [3.63, 3.8) is 0 Å². The van der Waals surface area contributed by atoms with Crippen LogP contribution >= 0.6 is 23.2 Å². The number of hydrogen-bond acceptors (Lipinski definition) is 1. The van der Waals surface area contributed by atoms with Crippen LogP contribution in [0.25, 0.3) is 0 Å². The van der Waals surface area contributed by atoms with E-state index in [0.717, 1.165) is 11.3 Å². The number of halogens is 3. The van der Waals surface area contributed by atoms with Gasteiger partial charge in [0.15, 0.2) is 0 Å². The molecule has 2 rings (SSSR count). The summed E-state index contributed by atoms with van der Waals surface area (Å²) in [6.45, 7) is 3.95. The molecule has 0 heterocycles. The summed E-state index contributed by atoms with van der Waals surface area (Å²) in [6.07, 6.45) is 0. The van der Waals surface area contributed by atoms with Gasteiger partial charge >= 0.3 is 0 Å². The molecule has 1 unspecified atom stereocenters. The van der Waals surface area contributed by atoms with Crippen LogP contribution < -0.4 is 5.32 Å². The second-order valence-electron chi connectivity index (χ2n) is 4.52. The van der Waals surface area contributed by atoms with Crippen LogP contribution in [0.5, 0.6) is 0 Å². The summed E-state index contributed by atoms with van der Waals surface area (Å²) in [5.74, 6) is -0.459. The highest BCUT2D eigenvalue weighted by atomic mass is 35.5. The molecule has 2 aromatic carbocycles. The van der Waals surface area contributed by atoms with Gasteiger partial charge in [-0.25, -0.2) is 4.39 Å². The number of benzene rings is 2. The van der Waals surface area contributed by atoms with Gasteiger partial charge in [0.2, 0.25) is 0 Å². The second kappa shape index (κ2) is 5.81. The molecule has 1 atom stereocenters. The minimum absolute atomic E-state index is 0.0384. The monoisotopic (exact) mass is 297 g/mol. The Kier molecular flexibility index (Phi) is 4.33. The maximum Gasteiger partial charge on any atom is 0.142 e. The lowest BCUT2D eigenvalue weighted by Gasteiger charge is -2.18. The lowest BCUT2D eigenvalue weighted by Crippen LogP contribution is -2.07. The van der Waals surface area contributed by atoms with Crippen molar-refractivity contribution in [2.45, 2.75) is 19.9 Å². The van der Waals surface area contributed by atoms with Gasteiger partial charge in [0.25, 0.3) is 0 Å². The van der Waals surface area contributed by atoms with Crippen molar-refractivity contribution in [1.29, 1.82) is 0 Å². The molecule has 0 saturated heterocycles. The normalized spacial score (nSPS) is 12.3. The van der Waals surface area contributed by atoms with Crippen molar-refractivity contribution >= 4 is 28.9 Å². The first-order valence-corrected chi connectivity index (χ1v) is 6.70. The van der Waals surface area contributed by atoms with Gasteiger partial charge in [-0.1, -0.05) is 35.3 Å². The Morgan fingerprint density at radius 3 is 2.53 bits per heavy atom. The number of nitrogens with one attached hydrogen (secondary N) is 1. The third-order valence-corrected chi connectivity index (χ3v) is 3.52. The average Bonchev–Trinajstić information content (AvgIpc) is 2.33. The number of rotatable bonds is 3. The zero-order valence-electron chi connectivity index (χ0n) is 10.7. The summed E-state index contributed by atoms with van der Waals surface area (Å²) < 4.78 is 13.5. The van der Waals surface area contributed by atoms with E-state index in [9.17, 15) is 4.39 Å². The predicted octanol–water partition coefficient (Wildman–Crippen LogP) is 5.61. The van der Waals surface area contributed by atoms with Gasteiger partial charge in [-0.2, -0.15) is 0 Å². The predicted molar refractivity (Wildman–Crippen MR) is 79.6 cm³/mol. The fourth-order valence-electron chi connectivity index (χ4n) is 1.93. The maximum absolute atomic E-state index is 13.5. The van der Waals surface area contributed by atoms with Gasteiger partial charge in [-0.15, -0.1) is 0 Å². The van der Waals surface area contributed by atoms with E-state index < -0.39 is 5.82 Å². The molecule has 0 bridgehead atoms. The van der Waals surface area contributed by atoms with E-state index in [0.29, 0.717) is 10.6 Å². The Balaban J connectivity index is 2.25. The van der Waals surface area contributed by atoms with Crippen LogP contribution in [-0.2, 0) is 0 Å². The summed E-state index contributed by atoms with van der Waals surface area (Å²) in [4.78, 5) is 0. The maximum atomic E-state index is 13.5. The average molecular weight is 298 g/mol. The summed E-state index contributed by atoms with van der Waals surface area (Å²) in [6, 6.07) is 10.7. The highest BCUT2D eigenvalue weighted by Gasteiger charge is 2.13. The lowest BCUT2D eigenvalue weighted by molar-refractivity contribution is 0.624. The minimum Gasteiger partial charge on any atom is -0.378 e. The van der Waals surface area contributed by atoms with Gasteiger partial charge in [0.05, 0.1) is 11.1 Å². The lowest BCUT2D eigenvalue weighted by atomic mass is 10.1. The summed E-state index contributed by atoms with van der Waals surface area (Å²) >= 11 is 11.8. The first-order chi connectivity index (χ1) is 8.97. The zero-order valence-corrected chi connectivity index (χ0v) is 12.2. The van der Waals surface area contributed by atoms with Crippen LogP contribution in [0.1, 0.15) is 24.1 Å². The highest BCUT2D eigenvalue weighted by molar-refractivity contribution is 6.35. The molecule has 100 valence electrons. The van der Waals surface area contributed by atoms with Crippen molar-refractivity contribution < 1.29 is 4.39 Å². The van der Waals surface area contributed by atoms with Gasteiger partial charge in [0, 0.05) is 10.7 Å². The van der Waals surface area contributed by atoms with Crippen molar-refractivity contribution in [3.05, 3.63) is 63.4 Å². The van der Waals surface area contributed by atoms with E-state index in [1.807, 2.05) is 38.1 Å². The van der Waals surface area contributed by atoms with Crippen LogP contribution in [0.2, 0.25) is 10.0 Å². The zero-order chi connectivity index (χ0) is 14.0. The van der Waals surface area contributed by atoms with E-state index in [2.05, 4.69) is 5.32 Å². The van der Waals surface area contributed by atoms with E-state index in [1.54, 1.807) is 0 Å². The quantitative estimate of drug-likeness (QED) is 0.726. The van der Waals surface area contributed by atoms with Crippen LogP contribution in [0.3, 0.4) is 0 Å². The van der Waals surface area contributed by atoms with Crippen molar-refractivity contribution in [2.24, 2.45) is 0 Å². The Hall–Kier alpha value is -1.25. The topological polar surface area (TPSA) is 12.0 Å². The minimum atomic E-state index is -0.459. The third kappa shape index (κ3) is 3.40. The molecule has 0 saturated carbocycles. The van der Waals surface area contributed by atoms with Crippen molar-refractivity contribution in [3.8, 4) is 0 Å². The van der Waals surface area contributed by atoms with E-state index in [4.69, 9.17) is 23.2 Å². The first-order valence-electron chi connectivity index (χ1n) is 5.95. The molecule has 2 aromatic rings. The molecule has 0 spiro atoms. The van der Waals surface area contributed by atoms with Crippen LogP contribution in [-0.4, -0.2) is 0 Å². The van der Waals surface area contributed by atoms with Crippen molar-refractivity contribution in [1.82, 2.24) is 0 Å².